The average Bonchev–Trinajstić information content (AvgIpc) is 3.18. The topological polar surface area (TPSA) is 42.0 Å². The summed E-state index contributed by atoms with van der Waals surface area (Å²) in [7, 11) is 0. The Labute approximate surface area is 154 Å². The number of thiophene rings is 1. The van der Waals surface area contributed by atoms with Crippen molar-refractivity contribution in [3.05, 3.63) is 56.2 Å². The van der Waals surface area contributed by atoms with Gasteiger partial charge in [-0.25, -0.2) is 4.98 Å². The fourth-order valence-corrected chi connectivity index (χ4v) is 4.34. The van der Waals surface area contributed by atoms with Crippen LogP contribution in [0.25, 0.3) is 10.6 Å². The van der Waals surface area contributed by atoms with Crippen LogP contribution in [0.5, 0.6) is 0 Å². The summed E-state index contributed by atoms with van der Waals surface area (Å²) in [5.41, 5.74) is 2.78. The van der Waals surface area contributed by atoms with Crippen molar-refractivity contribution in [2.24, 2.45) is 0 Å². The van der Waals surface area contributed by atoms with Crippen LogP contribution in [0.3, 0.4) is 0 Å². The first-order chi connectivity index (χ1) is 11.5. The Morgan fingerprint density at radius 3 is 2.88 bits per heavy atom. The van der Waals surface area contributed by atoms with E-state index in [0.29, 0.717) is 17.9 Å². The second-order valence-corrected chi connectivity index (χ2v) is 8.16. The summed E-state index contributed by atoms with van der Waals surface area (Å²) in [4.78, 5) is 19.2. The molecule has 124 valence electrons. The van der Waals surface area contributed by atoms with Crippen molar-refractivity contribution in [3.63, 3.8) is 0 Å². The van der Waals surface area contributed by atoms with Crippen LogP contribution in [-0.2, 0) is 11.2 Å². The van der Waals surface area contributed by atoms with Crippen LogP contribution in [0.4, 0.5) is 5.69 Å². The summed E-state index contributed by atoms with van der Waals surface area (Å²) in [6.07, 6.45) is 1.11. The van der Waals surface area contributed by atoms with Gasteiger partial charge in [0.05, 0.1) is 15.6 Å². The molecule has 0 saturated carbocycles. The number of hydrogen-bond donors (Lipinski definition) is 1. The summed E-state index contributed by atoms with van der Waals surface area (Å²) in [6, 6.07) is 9.59. The molecule has 6 heteroatoms. The Hall–Kier alpha value is -1.69. The predicted octanol–water partition coefficient (Wildman–Crippen LogP) is 5.71. The molecule has 24 heavy (non-hydrogen) atoms. The van der Waals surface area contributed by atoms with Gasteiger partial charge in [-0.3, -0.25) is 4.79 Å². The van der Waals surface area contributed by atoms with Crippen LogP contribution >= 0.6 is 34.3 Å². The van der Waals surface area contributed by atoms with Crippen molar-refractivity contribution in [2.45, 2.75) is 26.7 Å². The number of benzene rings is 1. The minimum absolute atomic E-state index is 0.0106. The first kappa shape index (κ1) is 17.1. The maximum Gasteiger partial charge on any atom is 0.224 e. The van der Waals surface area contributed by atoms with Gasteiger partial charge in [0, 0.05) is 22.0 Å². The van der Waals surface area contributed by atoms with Gasteiger partial charge >= 0.3 is 0 Å². The molecular formula is C18H17ClN2OS2. The Kier molecular flexibility index (Phi) is 5.33. The van der Waals surface area contributed by atoms with E-state index in [9.17, 15) is 4.79 Å². The summed E-state index contributed by atoms with van der Waals surface area (Å²) in [5, 5.41) is 6.64. The number of halogens is 1. The lowest BCUT2D eigenvalue weighted by atomic mass is 10.1. The zero-order chi connectivity index (χ0) is 17.1. The summed E-state index contributed by atoms with van der Waals surface area (Å²) >= 11 is 9.33. The third-order valence-corrected chi connectivity index (χ3v) is 5.75. The second kappa shape index (κ2) is 7.47. The quantitative estimate of drug-likeness (QED) is 0.619. The number of thiazole rings is 1. The number of amides is 1. The van der Waals surface area contributed by atoms with Gasteiger partial charge in [0.2, 0.25) is 5.91 Å². The Morgan fingerprint density at radius 1 is 1.29 bits per heavy atom. The number of anilines is 1. The molecule has 0 saturated heterocycles. The van der Waals surface area contributed by atoms with Crippen molar-refractivity contribution in [3.8, 4) is 10.6 Å². The normalized spacial score (nSPS) is 10.8. The zero-order valence-electron chi connectivity index (χ0n) is 13.4. The van der Waals surface area contributed by atoms with Gasteiger partial charge in [0.15, 0.2) is 0 Å². The van der Waals surface area contributed by atoms with E-state index in [2.05, 4.69) is 16.4 Å². The van der Waals surface area contributed by atoms with Gasteiger partial charge in [-0.1, -0.05) is 23.7 Å². The third kappa shape index (κ3) is 4.04. The summed E-state index contributed by atoms with van der Waals surface area (Å²) in [5.74, 6) is -0.0106. The SMILES string of the molecule is Cc1nc(-c2cccs2)c(CCC(=O)Nc2cc(Cl)ccc2C)s1. The van der Waals surface area contributed by atoms with E-state index in [1.807, 2.05) is 37.4 Å². The molecule has 0 atom stereocenters. The number of hydrogen-bond acceptors (Lipinski definition) is 4. The van der Waals surface area contributed by atoms with E-state index in [4.69, 9.17) is 11.6 Å². The van der Waals surface area contributed by atoms with E-state index in [-0.39, 0.29) is 5.91 Å². The van der Waals surface area contributed by atoms with Crippen LogP contribution in [-0.4, -0.2) is 10.9 Å². The van der Waals surface area contributed by atoms with Gasteiger partial charge in [-0.2, -0.15) is 0 Å². The number of carbonyl (C=O) groups excluding carboxylic acids is 1. The highest BCUT2D eigenvalue weighted by Crippen LogP contribution is 2.32. The molecule has 3 nitrogen and oxygen atoms in total. The molecule has 0 aliphatic carbocycles. The van der Waals surface area contributed by atoms with Crippen LogP contribution in [0.15, 0.2) is 35.7 Å². The lowest BCUT2D eigenvalue weighted by Crippen LogP contribution is -2.13. The van der Waals surface area contributed by atoms with E-state index in [0.717, 1.165) is 31.7 Å². The highest BCUT2D eigenvalue weighted by Gasteiger charge is 2.14. The van der Waals surface area contributed by atoms with E-state index in [1.165, 1.54) is 0 Å². The third-order valence-electron chi connectivity index (χ3n) is 3.61. The Bertz CT molecular complexity index is 856. The van der Waals surface area contributed by atoms with Gasteiger partial charge in [-0.05, 0) is 49.4 Å². The standard InChI is InChI=1S/C18H17ClN2OS2/c1-11-5-6-13(19)10-14(11)21-17(22)8-7-16-18(20-12(2)24-16)15-4-3-9-23-15/h3-6,9-10H,7-8H2,1-2H3,(H,21,22). The summed E-state index contributed by atoms with van der Waals surface area (Å²) in [6.45, 7) is 3.95. The van der Waals surface area contributed by atoms with Crippen molar-refractivity contribution in [1.82, 2.24) is 4.98 Å². The molecule has 3 aromatic rings. The smallest absolute Gasteiger partial charge is 0.224 e. The second-order valence-electron chi connectivity index (χ2n) is 5.49. The largest absolute Gasteiger partial charge is 0.326 e. The van der Waals surface area contributed by atoms with E-state index >= 15 is 0 Å². The molecule has 2 heterocycles. The number of aryl methyl sites for hydroxylation is 3. The molecule has 0 radical (unpaired) electrons. The first-order valence-corrected chi connectivity index (χ1v) is 9.66. The Balaban J connectivity index is 1.68. The lowest BCUT2D eigenvalue weighted by molar-refractivity contribution is -0.116. The molecular weight excluding hydrogens is 360 g/mol. The van der Waals surface area contributed by atoms with Crippen LogP contribution < -0.4 is 5.32 Å². The number of carbonyl (C=O) groups is 1. The minimum atomic E-state index is -0.0106. The van der Waals surface area contributed by atoms with Gasteiger partial charge < -0.3 is 5.32 Å². The van der Waals surface area contributed by atoms with Gasteiger partial charge in [0.1, 0.15) is 0 Å². The number of rotatable bonds is 5. The summed E-state index contributed by atoms with van der Waals surface area (Å²) < 4.78 is 0. The monoisotopic (exact) mass is 376 g/mol. The molecule has 0 fully saturated rings. The van der Waals surface area contributed by atoms with Crippen molar-refractivity contribution in [1.29, 1.82) is 0 Å². The van der Waals surface area contributed by atoms with Crippen molar-refractivity contribution < 1.29 is 4.79 Å². The number of nitrogens with one attached hydrogen (secondary N) is 1. The molecule has 1 amide bonds. The zero-order valence-corrected chi connectivity index (χ0v) is 15.8. The fourth-order valence-electron chi connectivity index (χ4n) is 2.41. The van der Waals surface area contributed by atoms with E-state index in [1.54, 1.807) is 28.7 Å². The number of aromatic nitrogens is 1. The molecule has 0 bridgehead atoms. The lowest BCUT2D eigenvalue weighted by Gasteiger charge is -2.08. The molecule has 1 N–H and O–H groups in total. The molecule has 3 rings (SSSR count). The fraction of sp³-hybridized carbons (Fsp3) is 0.222. The molecule has 0 unspecified atom stereocenters. The van der Waals surface area contributed by atoms with Crippen molar-refractivity contribution in [2.75, 3.05) is 5.32 Å². The van der Waals surface area contributed by atoms with Crippen LogP contribution in [0.2, 0.25) is 5.02 Å². The number of nitrogens with zero attached hydrogens (tertiary/aromatic N) is 1. The van der Waals surface area contributed by atoms with Gasteiger partial charge in [0.25, 0.3) is 0 Å². The maximum absolute atomic E-state index is 12.3. The van der Waals surface area contributed by atoms with Crippen LogP contribution in [0, 0.1) is 13.8 Å². The molecule has 0 aliphatic heterocycles. The molecule has 0 aliphatic rings. The van der Waals surface area contributed by atoms with Crippen LogP contribution in [0.1, 0.15) is 21.9 Å². The van der Waals surface area contributed by atoms with Crippen molar-refractivity contribution >= 4 is 45.9 Å². The molecule has 2 aromatic heterocycles. The highest BCUT2D eigenvalue weighted by atomic mass is 35.5. The Morgan fingerprint density at radius 2 is 2.12 bits per heavy atom. The molecule has 1 aromatic carbocycles. The van der Waals surface area contributed by atoms with E-state index < -0.39 is 0 Å². The maximum atomic E-state index is 12.3. The van der Waals surface area contributed by atoms with Gasteiger partial charge in [-0.15, -0.1) is 22.7 Å². The molecule has 0 spiro atoms. The minimum Gasteiger partial charge on any atom is -0.326 e. The average molecular weight is 377 g/mol. The predicted molar refractivity (Wildman–Crippen MR) is 103 cm³/mol. The highest BCUT2D eigenvalue weighted by molar-refractivity contribution is 7.15. The first-order valence-electron chi connectivity index (χ1n) is 7.59.